The van der Waals surface area contributed by atoms with Crippen molar-refractivity contribution in [1.82, 2.24) is 0 Å². The van der Waals surface area contributed by atoms with E-state index in [2.05, 4.69) is 53.0 Å². The first-order chi connectivity index (χ1) is 13.5. The topological polar surface area (TPSA) is 52.6 Å². The van der Waals surface area contributed by atoms with Gasteiger partial charge >= 0.3 is 11.9 Å². The molecular weight excluding hydrogens is 458 g/mol. The summed E-state index contributed by atoms with van der Waals surface area (Å²) in [5.74, 6) is 2.00. The van der Waals surface area contributed by atoms with Crippen LogP contribution < -0.4 is 0 Å². The summed E-state index contributed by atoms with van der Waals surface area (Å²) in [5, 5.41) is 0. The Morgan fingerprint density at radius 3 is 1.31 bits per heavy atom. The van der Waals surface area contributed by atoms with Gasteiger partial charge in [0.25, 0.3) is 0 Å². The number of hydrogen-bond acceptors (Lipinski definition) is 6. The first kappa shape index (κ1) is 33.9. The van der Waals surface area contributed by atoms with Gasteiger partial charge in [-0.25, -0.2) is 0 Å². The first-order valence-electron chi connectivity index (χ1n) is 11.0. The van der Waals surface area contributed by atoms with E-state index < -0.39 is 0 Å². The van der Waals surface area contributed by atoms with Gasteiger partial charge in [0.05, 0.1) is 26.1 Å². The summed E-state index contributed by atoms with van der Waals surface area (Å²) in [6, 6.07) is 0. The van der Waals surface area contributed by atoms with Crippen LogP contribution in [0.4, 0.5) is 0 Å². The maximum atomic E-state index is 11.1. The molecule has 0 aliphatic heterocycles. The van der Waals surface area contributed by atoms with Gasteiger partial charge < -0.3 is 9.47 Å². The predicted octanol–water partition coefficient (Wildman–Crippen LogP) is 6.13. The molecule has 0 aromatic rings. The Kier molecular flexibility index (Phi) is 30.7. The molecule has 0 spiro atoms. The molecule has 2 unspecified atom stereocenters. The quantitative estimate of drug-likeness (QED) is 0.152. The summed E-state index contributed by atoms with van der Waals surface area (Å²) < 4.78 is 10.3. The molecule has 29 heavy (non-hydrogen) atoms. The minimum absolute atomic E-state index is 0. The van der Waals surface area contributed by atoms with Crippen LogP contribution in [0.2, 0.25) is 0 Å². The van der Waals surface area contributed by atoms with E-state index in [1.165, 1.54) is 38.5 Å². The number of unbranched alkanes of at least 4 members (excludes halogenated alkanes) is 2. The normalized spacial score (nSPS) is 12.1. The maximum absolute atomic E-state index is 11.1. The number of carbonyl (C=O) groups excluding carboxylic acids is 2. The molecule has 0 rings (SSSR count). The van der Waals surface area contributed by atoms with Crippen molar-refractivity contribution in [3.63, 3.8) is 0 Å². The van der Waals surface area contributed by atoms with Crippen molar-refractivity contribution in [2.75, 3.05) is 24.7 Å². The van der Waals surface area contributed by atoms with Crippen molar-refractivity contribution < 1.29 is 38.5 Å². The number of carbonyl (C=O) groups is 2. The summed E-state index contributed by atoms with van der Waals surface area (Å²) in [6.07, 6.45) is 10.2. The fraction of sp³-hybridized carbons (Fsp3) is 0.909. The number of rotatable bonds is 16. The van der Waals surface area contributed by atoms with E-state index in [9.17, 15) is 9.59 Å². The van der Waals surface area contributed by atoms with Gasteiger partial charge in [0.2, 0.25) is 0 Å². The third-order valence-electron chi connectivity index (χ3n) is 4.68. The van der Waals surface area contributed by atoms with Crippen LogP contribution in [0.5, 0.6) is 0 Å². The zero-order valence-corrected chi connectivity index (χ0v) is 24.0. The molecule has 0 aliphatic carbocycles. The molecule has 0 saturated heterocycles. The second-order valence-corrected chi connectivity index (χ2v) is 8.04. The monoisotopic (exact) mass is 500 g/mol. The fourth-order valence-electron chi connectivity index (χ4n) is 2.54. The van der Waals surface area contributed by atoms with E-state index in [1.807, 2.05) is 0 Å². The van der Waals surface area contributed by atoms with Gasteiger partial charge in [-0.15, -0.1) is 0 Å². The summed E-state index contributed by atoms with van der Waals surface area (Å²) in [6.45, 7) is 9.82. The van der Waals surface area contributed by atoms with Crippen LogP contribution in [0.1, 0.15) is 91.9 Å². The Balaban J connectivity index is -0.000000451. The van der Waals surface area contributed by atoms with Crippen LogP contribution >= 0.6 is 25.3 Å². The van der Waals surface area contributed by atoms with E-state index in [0.717, 1.165) is 12.8 Å². The van der Waals surface area contributed by atoms with Crippen LogP contribution in [0, 0.1) is 11.8 Å². The molecule has 0 fully saturated rings. The van der Waals surface area contributed by atoms with Gasteiger partial charge in [-0.2, -0.15) is 25.3 Å². The molecule has 4 nitrogen and oxygen atoms in total. The van der Waals surface area contributed by atoms with E-state index in [1.54, 1.807) is 0 Å². The molecule has 0 bridgehead atoms. The third-order valence-corrected chi connectivity index (χ3v) is 5.13. The minimum Gasteiger partial charge on any atom is -0.465 e. The first-order valence-corrected chi connectivity index (χ1v) is 12.3. The molecule has 2 atom stereocenters. The Morgan fingerprint density at radius 2 is 1.07 bits per heavy atom. The molecule has 0 heterocycles. The minimum atomic E-state index is -0.116. The van der Waals surface area contributed by atoms with Gasteiger partial charge in [0.15, 0.2) is 0 Å². The van der Waals surface area contributed by atoms with Crippen molar-refractivity contribution in [2.45, 2.75) is 91.9 Å². The summed E-state index contributed by atoms with van der Waals surface area (Å²) in [4.78, 5) is 22.1. The summed E-state index contributed by atoms with van der Waals surface area (Å²) in [5.41, 5.74) is 0. The molecule has 0 radical (unpaired) electrons. The summed E-state index contributed by atoms with van der Waals surface area (Å²) >= 11 is 7.97. The molecule has 0 aromatic heterocycles. The average Bonchev–Trinajstić information content (AvgIpc) is 2.69. The largest absolute Gasteiger partial charge is 0.465 e. The van der Waals surface area contributed by atoms with E-state index in [0.29, 0.717) is 49.4 Å². The van der Waals surface area contributed by atoms with E-state index >= 15 is 0 Å². The van der Waals surface area contributed by atoms with Crippen molar-refractivity contribution in [1.29, 1.82) is 0 Å². The Morgan fingerprint density at radius 1 is 0.724 bits per heavy atom. The Bertz CT molecular complexity index is 337. The van der Waals surface area contributed by atoms with E-state index in [4.69, 9.17) is 9.47 Å². The van der Waals surface area contributed by atoms with Gasteiger partial charge in [-0.3, -0.25) is 9.59 Å². The van der Waals surface area contributed by atoms with Gasteiger partial charge in [-0.05, 0) is 24.7 Å². The summed E-state index contributed by atoms with van der Waals surface area (Å²) in [7, 11) is 0. The number of thiol groups is 2. The van der Waals surface area contributed by atoms with Crippen LogP contribution in [-0.2, 0) is 38.5 Å². The number of ether oxygens (including phenoxy) is 2. The smallest absolute Gasteiger partial charge is 0.306 e. The van der Waals surface area contributed by atoms with Crippen LogP contribution in [0.3, 0.4) is 0 Å². The molecule has 170 valence electrons. The zero-order valence-electron chi connectivity index (χ0n) is 19.3. The van der Waals surface area contributed by atoms with Gasteiger partial charge in [-0.1, -0.05) is 66.2 Å². The van der Waals surface area contributed by atoms with Crippen LogP contribution in [-0.4, -0.2) is 36.7 Å². The second-order valence-electron chi connectivity index (χ2n) is 7.15. The Labute approximate surface area is 203 Å². The van der Waals surface area contributed by atoms with Crippen molar-refractivity contribution in [2.24, 2.45) is 11.8 Å². The van der Waals surface area contributed by atoms with Gasteiger partial charge in [0.1, 0.15) is 0 Å². The number of esters is 2. The molecule has 0 amide bonds. The molecule has 0 aliphatic rings. The third kappa shape index (κ3) is 24.4. The number of hydrogen-bond donors (Lipinski definition) is 2. The van der Waals surface area contributed by atoms with Crippen LogP contribution in [0.15, 0.2) is 0 Å². The zero-order chi connectivity index (χ0) is 21.6. The molecule has 0 N–H and O–H groups in total. The van der Waals surface area contributed by atoms with Gasteiger partial charge in [0, 0.05) is 31.0 Å². The van der Waals surface area contributed by atoms with Crippen molar-refractivity contribution >= 4 is 37.2 Å². The molecule has 0 aromatic carbocycles. The SMILES string of the molecule is CCCCC(CC)COC(=O)CCS.CCCCC(CC)COC(=O)CCS.[Zn]. The predicted molar refractivity (Wildman–Crippen MR) is 125 cm³/mol. The molecule has 0 saturated carbocycles. The second kappa shape index (κ2) is 26.3. The molecular formula is C22H44O4S2Zn. The standard InChI is InChI=1S/2C11H22O2S.Zn/c2*1-3-5-6-10(4-2)9-13-11(12)7-8-14;/h2*10,14H,3-9H2,1-2H3;. The average molecular weight is 502 g/mol. The Hall–Kier alpha value is 0.263. The fourth-order valence-corrected chi connectivity index (χ4v) is 2.91. The maximum Gasteiger partial charge on any atom is 0.306 e. The van der Waals surface area contributed by atoms with Crippen LogP contribution in [0.25, 0.3) is 0 Å². The van der Waals surface area contributed by atoms with Crippen molar-refractivity contribution in [3.05, 3.63) is 0 Å². The molecule has 7 heteroatoms. The van der Waals surface area contributed by atoms with Crippen molar-refractivity contribution in [3.8, 4) is 0 Å². The van der Waals surface area contributed by atoms with E-state index in [-0.39, 0.29) is 31.4 Å².